The number of nitrogens with zero attached hydrogens (tertiary/aromatic N) is 2. The second-order valence-corrected chi connectivity index (χ2v) is 7.37. The van der Waals surface area contributed by atoms with Crippen molar-refractivity contribution in [3.63, 3.8) is 0 Å². The molecule has 3 heteroatoms. The lowest BCUT2D eigenvalue weighted by Crippen LogP contribution is -2.33. The highest BCUT2D eigenvalue weighted by molar-refractivity contribution is 5.16. The van der Waals surface area contributed by atoms with Gasteiger partial charge in [-0.3, -0.25) is 9.88 Å². The molecule has 2 heterocycles. The summed E-state index contributed by atoms with van der Waals surface area (Å²) in [4.78, 5) is 6.76. The number of hydrogen-bond acceptors (Lipinski definition) is 3. The van der Waals surface area contributed by atoms with Crippen LogP contribution in [0.3, 0.4) is 0 Å². The van der Waals surface area contributed by atoms with E-state index in [2.05, 4.69) is 55.5 Å². The Labute approximate surface area is 141 Å². The van der Waals surface area contributed by atoms with Gasteiger partial charge in [0.2, 0.25) is 0 Å². The molecule has 0 N–H and O–H groups in total. The summed E-state index contributed by atoms with van der Waals surface area (Å²) >= 11 is 0. The smallest absolute Gasteiger partial charge is 0.0663 e. The predicted molar refractivity (Wildman–Crippen MR) is 95.1 cm³/mol. The van der Waals surface area contributed by atoms with Gasteiger partial charge >= 0.3 is 0 Å². The molecule has 3 nitrogen and oxygen atoms in total. The summed E-state index contributed by atoms with van der Waals surface area (Å²) in [6, 6.07) is 4.68. The van der Waals surface area contributed by atoms with Gasteiger partial charge in [-0.2, -0.15) is 0 Å². The fourth-order valence-electron chi connectivity index (χ4n) is 3.15. The molecule has 2 rings (SSSR count). The molecule has 0 radical (unpaired) electrons. The Morgan fingerprint density at radius 1 is 1.35 bits per heavy atom. The monoisotopic (exact) mass is 314 g/mol. The van der Waals surface area contributed by atoms with E-state index in [0.717, 1.165) is 19.5 Å². The van der Waals surface area contributed by atoms with Crippen molar-refractivity contribution in [1.82, 2.24) is 9.88 Å². The van der Waals surface area contributed by atoms with Crippen LogP contribution in [0.15, 0.2) is 24.5 Å². The van der Waals surface area contributed by atoms with Crippen molar-refractivity contribution in [1.29, 1.82) is 0 Å². The summed E-state index contributed by atoms with van der Waals surface area (Å²) in [5.74, 6) is 6.64. The molecule has 126 valence electrons. The minimum Gasteiger partial charge on any atom is -0.372 e. The Kier molecular flexibility index (Phi) is 6.62. The van der Waals surface area contributed by atoms with Crippen LogP contribution in [-0.4, -0.2) is 34.7 Å². The highest BCUT2D eigenvalue weighted by Crippen LogP contribution is 2.29. The summed E-state index contributed by atoms with van der Waals surface area (Å²) in [6.45, 7) is 10.3. The second kappa shape index (κ2) is 8.47. The quantitative estimate of drug-likeness (QED) is 0.779. The first kappa shape index (κ1) is 18.0. The summed E-state index contributed by atoms with van der Waals surface area (Å²) in [5, 5.41) is 0. The fraction of sp³-hybridized carbons (Fsp3) is 0.650. The number of ether oxygens (including phenoxy) is 1. The lowest BCUT2D eigenvalue weighted by Gasteiger charge is -2.34. The zero-order valence-electron chi connectivity index (χ0n) is 15.0. The molecular weight excluding hydrogens is 284 g/mol. The number of pyridine rings is 1. The molecule has 1 aromatic heterocycles. The standard InChI is InChI=1S/C20H30N2O/c1-17(23-20(2,3)4)10-5-7-14-22-15-8-6-12-19(22)18-11-9-13-21-16-18/h9,11,13,16-17,19H,6,8,10,12,14-15H2,1-4H3/t17-,19+/m1/s1. The molecule has 0 spiro atoms. The number of rotatable bonds is 4. The largest absolute Gasteiger partial charge is 0.372 e. The van der Waals surface area contributed by atoms with Crippen LogP contribution in [0.25, 0.3) is 0 Å². The van der Waals surface area contributed by atoms with Crippen LogP contribution in [0, 0.1) is 11.8 Å². The van der Waals surface area contributed by atoms with Crippen LogP contribution in [0.2, 0.25) is 0 Å². The maximum atomic E-state index is 5.90. The van der Waals surface area contributed by atoms with E-state index < -0.39 is 0 Å². The van der Waals surface area contributed by atoms with Gasteiger partial charge in [-0.05, 0) is 58.7 Å². The average molecular weight is 314 g/mol. The van der Waals surface area contributed by atoms with Crippen molar-refractivity contribution < 1.29 is 4.74 Å². The Morgan fingerprint density at radius 2 is 2.17 bits per heavy atom. The fourth-order valence-corrected chi connectivity index (χ4v) is 3.15. The number of aromatic nitrogens is 1. The second-order valence-electron chi connectivity index (χ2n) is 7.37. The van der Waals surface area contributed by atoms with Gasteiger partial charge in [0.25, 0.3) is 0 Å². The van der Waals surface area contributed by atoms with E-state index in [1.165, 1.54) is 24.8 Å². The minimum absolute atomic E-state index is 0.0978. The van der Waals surface area contributed by atoms with Crippen molar-refractivity contribution in [3.05, 3.63) is 30.1 Å². The van der Waals surface area contributed by atoms with Gasteiger partial charge in [0.15, 0.2) is 0 Å². The van der Waals surface area contributed by atoms with Crippen LogP contribution in [0.4, 0.5) is 0 Å². The summed E-state index contributed by atoms with van der Waals surface area (Å²) in [7, 11) is 0. The van der Waals surface area contributed by atoms with E-state index in [0.29, 0.717) is 6.04 Å². The van der Waals surface area contributed by atoms with E-state index in [1.54, 1.807) is 0 Å². The third-order valence-corrected chi connectivity index (χ3v) is 4.03. The summed E-state index contributed by atoms with van der Waals surface area (Å²) in [5.41, 5.74) is 1.22. The Balaban J connectivity index is 1.87. The molecule has 0 aliphatic carbocycles. The molecule has 1 aliphatic heterocycles. The van der Waals surface area contributed by atoms with Gasteiger partial charge in [0.1, 0.15) is 0 Å². The molecule has 1 fully saturated rings. The maximum absolute atomic E-state index is 5.90. The minimum atomic E-state index is -0.0978. The maximum Gasteiger partial charge on any atom is 0.0663 e. The molecule has 0 saturated carbocycles. The van der Waals surface area contributed by atoms with Crippen LogP contribution < -0.4 is 0 Å². The van der Waals surface area contributed by atoms with Gasteiger partial charge in [0, 0.05) is 24.9 Å². The van der Waals surface area contributed by atoms with Crippen molar-refractivity contribution in [2.45, 2.75) is 71.1 Å². The highest BCUT2D eigenvalue weighted by Gasteiger charge is 2.23. The highest BCUT2D eigenvalue weighted by atomic mass is 16.5. The summed E-state index contributed by atoms with van der Waals surface area (Å²) < 4.78 is 5.90. The molecule has 0 bridgehead atoms. The average Bonchev–Trinajstić information content (AvgIpc) is 2.51. The van der Waals surface area contributed by atoms with E-state index in [9.17, 15) is 0 Å². The predicted octanol–water partition coefficient (Wildman–Crippen LogP) is 4.21. The van der Waals surface area contributed by atoms with Gasteiger partial charge in [-0.15, -0.1) is 0 Å². The molecule has 23 heavy (non-hydrogen) atoms. The number of likely N-dealkylation sites (tertiary alicyclic amines) is 1. The molecule has 1 saturated heterocycles. The van der Waals surface area contributed by atoms with Crippen LogP contribution in [0.5, 0.6) is 0 Å². The third kappa shape index (κ3) is 6.33. The zero-order chi connectivity index (χ0) is 16.7. The number of hydrogen-bond donors (Lipinski definition) is 0. The molecule has 1 aliphatic rings. The van der Waals surface area contributed by atoms with E-state index in [4.69, 9.17) is 4.74 Å². The van der Waals surface area contributed by atoms with Gasteiger partial charge in [-0.1, -0.05) is 24.3 Å². The first-order chi connectivity index (χ1) is 11.0. The van der Waals surface area contributed by atoms with Crippen LogP contribution >= 0.6 is 0 Å². The third-order valence-electron chi connectivity index (χ3n) is 4.03. The normalized spacial score (nSPS) is 20.6. The van der Waals surface area contributed by atoms with Crippen molar-refractivity contribution in [3.8, 4) is 11.8 Å². The van der Waals surface area contributed by atoms with E-state index in [1.807, 2.05) is 18.5 Å². The lowest BCUT2D eigenvalue weighted by atomic mass is 9.96. The van der Waals surface area contributed by atoms with Gasteiger partial charge in [0.05, 0.1) is 18.2 Å². The van der Waals surface area contributed by atoms with Crippen molar-refractivity contribution >= 4 is 0 Å². The Hall–Kier alpha value is -1.37. The molecule has 0 amide bonds. The Morgan fingerprint density at radius 3 is 2.87 bits per heavy atom. The molecule has 1 aromatic rings. The van der Waals surface area contributed by atoms with E-state index in [-0.39, 0.29) is 11.7 Å². The SMILES string of the molecule is C[C@H](CC#CCN1CCCC[C@H]1c1cccnc1)OC(C)(C)C. The molecule has 0 aromatic carbocycles. The number of piperidine rings is 1. The summed E-state index contributed by atoms with van der Waals surface area (Å²) in [6.07, 6.45) is 8.57. The lowest BCUT2D eigenvalue weighted by molar-refractivity contribution is -0.0485. The molecular formula is C20H30N2O. The van der Waals surface area contributed by atoms with Crippen molar-refractivity contribution in [2.24, 2.45) is 0 Å². The molecule has 2 atom stereocenters. The zero-order valence-corrected chi connectivity index (χ0v) is 15.0. The topological polar surface area (TPSA) is 25.4 Å². The van der Waals surface area contributed by atoms with Gasteiger partial charge < -0.3 is 4.74 Å². The van der Waals surface area contributed by atoms with Crippen LogP contribution in [0.1, 0.15) is 65.0 Å². The van der Waals surface area contributed by atoms with E-state index >= 15 is 0 Å². The first-order valence-electron chi connectivity index (χ1n) is 8.73. The van der Waals surface area contributed by atoms with Gasteiger partial charge in [-0.25, -0.2) is 0 Å². The Bertz CT molecular complexity index is 524. The molecule has 0 unspecified atom stereocenters. The van der Waals surface area contributed by atoms with Crippen LogP contribution in [-0.2, 0) is 4.74 Å². The van der Waals surface area contributed by atoms with Crippen molar-refractivity contribution in [2.75, 3.05) is 13.1 Å². The first-order valence-corrected chi connectivity index (χ1v) is 8.73.